The van der Waals surface area contributed by atoms with Crippen LogP contribution < -0.4 is 5.32 Å². The second-order valence-electron chi connectivity index (χ2n) is 3.59. The van der Waals surface area contributed by atoms with Crippen molar-refractivity contribution in [1.82, 2.24) is 35.7 Å². The molecule has 0 bridgehead atoms. The molecule has 2 aromatic heterocycles. The van der Waals surface area contributed by atoms with Crippen LogP contribution in [0.5, 0.6) is 0 Å². The summed E-state index contributed by atoms with van der Waals surface area (Å²) < 4.78 is 1.70. The molecule has 0 amide bonds. The van der Waals surface area contributed by atoms with E-state index in [1.807, 2.05) is 13.2 Å². The Kier molecular flexibility index (Phi) is 3.25. The number of hydrogen-bond donors (Lipinski definition) is 2. The molecule has 16 heavy (non-hydrogen) atoms. The first-order valence-electron chi connectivity index (χ1n) is 5.24. The first-order chi connectivity index (χ1) is 7.79. The van der Waals surface area contributed by atoms with Gasteiger partial charge in [0.2, 0.25) is 0 Å². The van der Waals surface area contributed by atoms with Crippen LogP contribution in [0.25, 0.3) is 0 Å². The van der Waals surface area contributed by atoms with Gasteiger partial charge in [0.25, 0.3) is 0 Å². The monoisotopic (exact) mass is 221 g/mol. The molecule has 7 nitrogen and oxygen atoms in total. The van der Waals surface area contributed by atoms with Gasteiger partial charge in [-0.3, -0.25) is 4.68 Å². The van der Waals surface area contributed by atoms with Crippen molar-refractivity contribution in [1.29, 1.82) is 0 Å². The Morgan fingerprint density at radius 2 is 2.44 bits per heavy atom. The number of likely N-dealkylation sites (N-methyl/N-ethyl adjacent to an activating group) is 1. The zero-order valence-corrected chi connectivity index (χ0v) is 9.38. The quantitative estimate of drug-likeness (QED) is 0.732. The summed E-state index contributed by atoms with van der Waals surface area (Å²) in [6.45, 7) is 2.93. The van der Waals surface area contributed by atoms with Gasteiger partial charge in [0, 0.05) is 19.7 Å². The average Bonchev–Trinajstić information content (AvgIpc) is 2.88. The molecule has 1 atom stereocenters. The Morgan fingerprint density at radius 1 is 1.56 bits per heavy atom. The highest BCUT2D eigenvalue weighted by atomic mass is 15.4. The van der Waals surface area contributed by atoms with E-state index in [2.05, 4.69) is 38.0 Å². The third-order valence-corrected chi connectivity index (χ3v) is 2.30. The lowest BCUT2D eigenvalue weighted by Crippen LogP contribution is -2.23. The lowest BCUT2D eigenvalue weighted by Gasteiger charge is -2.12. The van der Waals surface area contributed by atoms with E-state index in [-0.39, 0.29) is 6.04 Å². The minimum atomic E-state index is 0.125. The number of rotatable bonds is 5. The van der Waals surface area contributed by atoms with Crippen molar-refractivity contribution in [2.45, 2.75) is 19.4 Å². The van der Waals surface area contributed by atoms with Gasteiger partial charge in [-0.05, 0) is 6.54 Å². The Morgan fingerprint density at radius 3 is 3.00 bits per heavy atom. The van der Waals surface area contributed by atoms with Crippen molar-refractivity contribution in [3.05, 3.63) is 23.8 Å². The second kappa shape index (κ2) is 4.84. The second-order valence-corrected chi connectivity index (χ2v) is 3.59. The highest BCUT2D eigenvalue weighted by molar-refractivity contribution is 5.06. The van der Waals surface area contributed by atoms with Crippen molar-refractivity contribution in [2.24, 2.45) is 7.05 Å². The van der Waals surface area contributed by atoms with E-state index < -0.39 is 0 Å². The van der Waals surface area contributed by atoms with Gasteiger partial charge in [0.1, 0.15) is 0 Å². The largest absolute Gasteiger partial charge is 0.308 e. The van der Waals surface area contributed by atoms with Gasteiger partial charge < -0.3 is 5.32 Å². The molecule has 86 valence electrons. The number of nitrogens with zero attached hydrogens (tertiary/aromatic N) is 5. The molecule has 0 aliphatic heterocycles. The van der Waals surface area contributed by atoms with Crippen LogP contribution in [-0.4, -0.2) is 36.9 Å². The van der Waals surface area contributed by atoms with Crippen molar-refractivity contribution < 1.29 is 0 Å². The van der Waals surface area contributed by atoms with Gasteiger partial charge in [-0.25, -0.2) is 0 Å². The average molecular weight is 221 g/mol. The molecule has 2 N–H and O–H groups in total. The van der Waals surface area contributed by atoms with Crippen LogP contribution in [0.1, 0.15) is 24.4 Å². The number of aromatic nitrogens is 6. The molecule has 0 aromatic carbocycles. The van der Waals surface area contributed by atoms with Gasteiger partial charge in [0.05, 0.1) is 23.6 Å². The molecule has 7 heteroatoms. The van der Waals surface area contributed by atoms with Gasteiger partial charge in [-0.15, -0.1) is 5.10 Å². The fourth-order valence-electron chi connectivity index (χ4n) is 1.60. The molecule has 2 heterocycles. The van der Waals surface area contributed by atoms with E-state index in [1.54, 1.807) is 10.9 Å². The molecule has 0 saturated carbocycles. The van der Waals surface area contributed by atoms with Gasteiger partial charge in [-0.2, -0.15) is 15.4 Å². The fourth-order valence-corrected chi connectivity index (χ4v) is 1.60. The molecular formula is C9H15N7. The van der Waals surface area contributed by atoms with Gasteiger partial charge in [0.15, 0.2) is 0 Å². The summed E-state index contributed by atoms with van der Waals surface area (Å²) in [5.74, 6) is 0. The summed E-state index contributed by atoms with van der Waals surface area (Å²) in [7, 11) is 1.86. The predicted molar refractivity (Wildman–Crippen MR) is 57.5 cm³/mol. The molecule has 1 unspecified atom stereocenters. The molecule has 0 aliphatic carbocycles. The zero-order valence-electron chi connectivity index (χ0n) is 9.38. The standard InChI is InChI=1S/C9H15N7/c1-3-10-8(9-5-11-14-13-9)4-7-6-16(2)15-12-7/h5-6,8,10H,3-4H2,1-2H3,(H,11,13,14). The summed E-state index contributed by atoms with van der Waals surface area (Å²) in [5.41, 5.74) is 1.84. The SMILES string of the molecule is CCNC(Cc1cn(C)nn1)c1cn[nH]n1. The minimum Gasteiger partial charge on any atom is -0.308 e. The smallest absolute Gasteiger partial charge is 0.0997 e. The highest BCUT2D eigenvalue weighted by Crippen LogP contribution is 2.13. The molecule has 0 saturated heterocycles. The molecule has 0 radical (unpaired) electrons. The number of hydrogen-bond acceptors (Lipinski definition) is 5. The van der Waals surface area contributed by atoms with E-state index in [0.717, 1.165) is 24.4 Å². The number of H-pyrrole nitrogens is 1. The summed E-state index contributed by atoms with van der Waals surface area (Å²) in [4.78, 5) is 0. The number of aryl methyl sites for hydroxylation is 1. The number of nitrogens with one attached hydrogen (secondary N) is 2. The summed E-state index contributed by atoms with van der Waals surface area (Å²) in [6, 6.07) is 0.125. The zero-order chi connectivity index (χ0) is 11.4. The van der Waals surface area contributed by atoms with Crippen LogP contribution in [-0.2, 0) is 13.5 Å². The van der Waals surface area contributed by atoms with Crippen LogP contribution in [0.3, 0.4) is 0 Å². The summed E-state index contributed by atoms with van der Waals surface area (Å²) in [5, 5.41) is 21.8. The molecule has 2 rings (SSSR count). The minimum absolute atomic E-state index is 0.125. The Labute approximate surface area is 93.2 Å². The van der Waals surface area contributed by atoms with Gasteiger partial charge in [-0.1, -0.05) is 12.1 Å². The van der Waals surface area contributed by atoms with Crippen LogP contribution in [0.4, 0.5) is 0 Å². The topological polar surface area (TPSA) is 84.3 Å². The highest BCUT2D eigenvalue weighted by Gasteiger charge is 2.15. The van der Waals surface area contributed by atoms with Gasteiger partial charge >= 0.3 is 0 Å². The van der Waals surface area contributed by atoms with Crippen LogP contribution >= 0.6 is 0 Å². The molecular weight excluding hydrogens is 206 g/mol. The fraction of sp³-hybridized carbons (Fsp3) is 0.556. The third-order valence-electron chi connectivity index (χ3n) is 2.30. The van der Waals surface area contributed by atoms with E-state index in [4.69, 9.17) is 0 Å². The van der Waals surface area contributed by atoms with Crippen LogP contribution in [0, 0.1) is 0 Å². The molecule has 0 fully saturated rings. The number of aromatic amines is 1. The van der Waals surface area contributed by atoms with Crippen LogP contribution in [0.15, 0.2) is 12.4 Å². The summed E-state index contributed by atoms with van der Waals surface area (Å²) >= 11 is 0. The normalized spacial score (nSPS) is 12.9. The lowest BCUT2D eigenvalue weighted by molar-refractivity contribution is 0.529. The predicted octanol–water partition coefficient (Wildman–Crippen LogP) is -0.174. The lowest BCUT2D eigenvalue weighted by atomic mass is 10.1. The Hall–Kier alpha value is -1.76. The Bertz CT molecular complexity index is 419. The third kappa shape index (κ3) is 2.43. The Balaban J connectivity index is 2.09. The van der Waals surface area contributed by atoms with E-state index in [0.29, 0.717) is 0 Å². The van der Waals surface area contributed by atoms with Crippen molar-refractivity contribution in [3.63, 3.8) is 0 Å². The van der Waals surface area contributed by atoms with E-state index >= 15 is 0 Å². The molecule has 0 aliphatic rings. The summed E-state index contributed by atoms with van der Waals surface area (Å²) in [6.07, 6.45) is 4.39. The van der Waals surface area contributed by atoms with E-state index in [1.165, 1.54) is 0 Å². The maximum atomic E-state index is 4.08. The van der Waals surface area contributed by atoms with E-state index in [9.17, 15) is 0 Å². The molecule has 0 spiro atoms. The van der Waals surface area contributed by atoms with Crippen LogP contribution in [0.2, 0.25) is 0 Å². The first-order valence-corrected chi connectivity index (χ1v) is 5.24. The van der Waals surface area contributed by atoms with Crippen molar-refractivity contribution in [3.8, 4) is 0 Å². The maximum absolute atomic E-state index is 4.08. The van der Waals surface area contributed by atoms with Crippen molar-refractivity contribution in [2.75, 3.05) is 6.54 Å². The van der Waals surface area contributed by atoms with Crippen molar-refractivity contribution >= 4 is 0 Å². The maximum Gasteiger partial charge on any atom is 0.0997 e. The molecule has 2 aromatic rings. The first kappa shape index (κ1) is 10.7.